The van der Waals surface area contributed by atoms with Crippen molar-refractivity contribution in [1.29, 1.82) is 0 Å². The lowest BCUT2D eigenvalue weighted by atomic mass is 9.70. The SMILES string of the molecule is NC(=O)O[C@]1(c2cccnc2)C2CC[C@H]1C[C@H](S(=O)(=O)c1cc(C(=O)Nc3cc(F)c(F)c(F)c3)ccc1Cl)C2. The number of nitrogens with zero attached hydrogens (tertiary/aromatic N) is 1. The molecule has 2 aliphatic rings. The van der Waals surface area contributed by atoms with E-state index in [0.29, 0.717) is 30.5 Å². The summed E-state index contributed by atoms with van der Waals surface area (Å²) < 4.78 is 73.8. The van der Waals surface area contributed by atoms with E-state index in [9.17, 15) is 31.2 Å². The molecule has 2 saturated carbocycles. The number of pyridine rings is 1. The first-order valence-corrected chi connectivity index (χ1v) is 14.2. The molecule has 0 radical (unpaired) electrons. The molecule has 1 heterocycles. The van der Waals surface area contributed by atoms with Gasteiger partial charge in [0.15, 0.2) is 27.3 Å². The number of hydrogen-bond donors (Lipinski definition) is 2. The lowest BCUT2D eigenvalue weighted by molar-refractivity contribution is -0.0717. The minimum Gasteiger partial charge on any atom is -0.438 e. The van der Waals surface area contributed by atoms with E-state index in [1.54, 1.807) is 24.5 Å². The third-order valence-electron chi connectivity index (χ3n) is 7.73. The molecule has 1 unspecified atom stereocenters. The third-order valence-corrected chi connectivity index (χ3v) is 10.4. The Morgan fingerprint density at radius 2 is 1.70 bits per heavy atom. The van der Waals surface area contributed by atoms with E-state index in [1.165, 1.54) is 12.1 Å². The van der Waals surface area contributed by atoms with Gasteiger partial charge in [-0.2, -0.15) is 0 Å². The second-order valence-corrected chi connectivity index (χ2v) is 12.5. The summed E-state index contributed by atoms with van der Waals surface area (Å²) in [7, 11) is -4.10. The van der Waals surface area contributed by atoms with Gasteiger partial charge in [-0.15, -0.1) is 0 Å². The Kier molecular flexibility index (Phi) is 7.26. The van der Waals surface area contributed by atoms with Crippen molar-refractivity contribution in [3.8, 4) is 0 Å². The van der Waals surface area contributed by atoms with Gasteiger partial charge in [-0.1, -0.05) is 17.7 Å². The second kappa shape index (κ2) is 10.4. The van der Waals surface area contributed by atoms with Gasteiger partial charge in [0.25, 0.3) is 5.91 Å². The number of halogens is 4. The first-order chi connectivity index (χ1) is 18.9. The Hall–Kier alpha value is -3.64. The molecule has 2 fully saturated rings. The highest BCUT2D eigenvalue weighted by Crippen LogP contribution is 2.58. The highest BCUT2D eigenvalue weighted by Gasteiger charge is 2.60. The fraction of sp³-hybridized carbons (Fsp3) is 0.296. The molecule has 2 bridgehead atoms. The number of amides is 2. The van der Waals surface area contributed by atoms with Crippen LogP contribution in [0.3, 0.4) is 0 Å². The minimum absolute atomic E-state index is 0.111. The van der Waals surface area contributed by atoms with Crippen LogP contribution in [0.25, 0.3) is 0 Å². The van der Waals surface area contributed by atoms with Gasteiger partial charge in [0.05, 0.1) is 15.2 Å². The van der Waals surface area contributed by atoms with Crippen molar-refractivity contribution in [1.82, 2.24) is 4.98 Å². The lowest BCUT2D eigenvalue weighted by Gasteiger charge is -2.45. The van der Waals surface area contributed by atoms with Crippen molar-refractivity contribution in [2.45, 2.75) is 41.4 Å². The number of carbonyl (C=O) groups excluding carboxylic acids is 2. The van der Waals surface area contributed by atoms with Gasteiger partial charge >= 0.3 is 6.09 Å². The zero-order valence-electron chi connectivity index (χ0n) is 20.7. The molecule has 2 amide bonds. The van der Waals surface area contributed by atoms with Gasteiger partial charge in [-0.05, 0) is 49.9 Å². The average Bonchev–Trinajstić information content (AvgIpc) is 3.08. The Bertz CT molecular complexity index is 1570. The number of anilines is 1. The van der Waals surface area contributed by atoms with Crippen LogP contribution in [0, 0.1) is 29.3 Å². The Morgan fingerprint density at radius 3 is 2.27 bits per heavy atom. The summed E-state index contributed by atoms with van der Waals surface area (Å²) in [6, 6.07) is 8.26. The molecule has 0 saturated heterocycles. The highest BCUT2D eigenvalue weighted by molar-refractivity contribution is 7.92. The second-order valence-electron chi connectivity index (χ2n) is 9.92. The zero-order valence-corrected chi connectivity index (χ0v) is 22.3. The fourth-order valence-electron chi connectivity index (χ4n) is 6.07. The number of fused-ring (bicyclic) bond motifs is 2. The average molecular weight is 594 g/mol. The maximum Gasteiger partial charge on any atom is 0.405 e. The maximum atomic E-state index is 13.9. The van der Waals surface area contributed by atoms with Crippen LogP contribution >= 0.6 is 11.6 Å². The smallest absolute Gasteiger partial charge is 0.405 e. The van der Waals surface area contributed by atoms with Gasteiger partial charge in [0, 0.05) is 53.2 Å². The number of sulfone groups is 1. The molecule has 5 rings (SSSR count). The van der Waals surface area contributed by atoms with Gasteiger partial charge < -0.3 is 15.8 Å². The molecular weight excluding hydrogens is 571 g/mol. The first kappa shape index (κ1) is 27.9. The van der Waals surface area contributed by atoms with Crippen molar-refractivity contribution in [3.63, 3.8) is 0 Å². The van der Waals surface area contributed by atoms with Crippen LogP contribution in [0.5, 0.6) is 0 Å². The molecule has 2 aliphatic carbocycles. The molecule has 8 nitrogen and oxygen atoms in total. The fourth-order valence-corrected chi connectivity index (χ4v) is 8.47. The molecule has 210 valence electrons. The minimum atomic E-state index is -4.10. The summed E-state index contributed by atoms with van der Waals surface area (Å²) in [6.07, 6.45) is 3.67. The van der Waals surface area contributed by atoms with Crippen LogP contribution in [-0.4, -0.2) is 30.7 Å². The van der Waals surface area contributed by atoms with Crippen LogP contribution in [0.15, 0.2) is 59.8 Å². The summed E-state index contributed by atoms with van der Waals surface area (Å²) in [5.41, 5.74) is 4.47. The molecule has 3 aromatic rings. The summed E-state index contributed by atoms with van der Waals surface area (Å²) in [4.78, 5) is 28.6. The third kappa shape index (κ3) is 4.79. The van der Waals surface area contributed by atoms with Crippen molar-refractivity contribution >= 4 is 39.1 Å². The molecule has 1 aromatic heterocycles. The predicted molar refractivity (Wildman–Crippen MR) is 139 cm³/mol. The van der Waals surface area contributed by atoms with Crippen molar-refractivity contribution in [2.24, 2.45) is 17.6 Å². The van der Waals surface area contributed by atoms with Gasteiger partial charge in [0.2, 0.25) is 0 Å². The van der Waals surface area contributed by atoms with Crippen LogP contribution in [0.2, 0.25) is 5.02 Å². The normalized spacial score (nSPS) is 23.9. The van der Waals surface area contributed by atoms with E-state index in [-0.39, 0.29) is 45.8 Å². The Morgan fingerprint density at radius 1 is 1.05 bits per heavy atom. The summed E-state index contributed by atoms with van der Waals surface area (Å²) in [5.74, 6) is -6.29. The molecule has 3 N–H and O–H groups in total. The van der Waals surface area contributed by atoms with Crippen molar-refractivity contribution in [2.75, 3.05) is 5.32 Å². The quantitative estimate of drug-likeness (QED) is 0.370. The number of nitrogens with one attached hydrogen (secondary N) is 1. The molecule has 40 heavy (non-hydrogen) atoms. The number of carbonyl (C=O) groups is 2. The van der Waals surface area contributed by atoms with Crippen molar-refractivity contribution in [3.05, 3.63) is 88.5 Å². The van der Waals surface area contributed by atoms with E-state index < -0.39 is 50.1 Å². The Labute approximate surface area is 232 Å². The van der Waals surface area contributed by atoms with Crippen LogP contribution in [0.4, 0.5) is 23.7 Å². The van der Waals surface area contributed by atoms with Crippen molar-refractivity contribution < 1.29 is 35.9 Å². The number of ether oxygens (including phenoxy) is 1. The van der Waals surface area contributed by atoms with Crippen LogP contribution < -0.4 is 11.1 Å². The van der Waals surface area contributed by atoms with Gasteiger partial charge in [-0.25, -0.2) is 26.4 Å². The summed E-state index contributed by atoms with van der Waals surface area (Å²) in [5, 5.41) is 1.21. The number of rotatable bonds is 6. The molecule has 0 aliphatic heterocycles. The molecule has 4 atom stereocenters. The number of hydrogen-bond acceptors (Lipinski definition) is 6. The standard InChI is InChI=1S/C27H23ClF3N3O5S/c28-20-6-3-14(25(35)34-18-11-21(29)24(31)22(30)12-18)8-23(20)40(37,38)19-9-15-4-5-16(10-19)27(15,39-26(32)36)17-2-1-7-33-13-17/h1-3,6-8,11-13,15-16,19H,4-5,9-10H2,(H2,32,36)(H,34,35)/t15-,16?,19-,27-/m0/s1. The van der Waals surface area contributed by atoms with Gasteiger partial charge in [-0.3, -0.25) is 9.78 Å². The number of benzene rings is 2. The lowest BCUT2D eigenvalue weighted by Crippen LogP contribution is -2.49. The number of primary amides is 1. The molecule has 2 aromatic carbocycles. The van der Waals surface area contributed by atoms with E-state index in [1.807, 2.05) is 0 Å². The first-order valence-electron chi connectivity index (χ1n) is 12.3. The zero-order chi connectivity index (χ0) is 28.8. The van der Waals surface area contributed by atoms with E-state index in [0.717, 1.165) is 6.07 Å². The Balaban J connectivity index is 1.44. The predicted octanol–water partition coefficient (Wildman–Crippen LogP) is 5.36. The topological polar surface area (TPSA) is 128 Å². The highest BCUT2D eigenvalue weighted by atomic mass is 35.5. The summed E-state index contributed by atoms with van der Waals surface area (Å²) >= 11 is 6.29. The molecular formula is C27H23ClF3N3O5S. The molecule has 13 heteroatoms. The number of aromatic nitrogens is 1. The van der Waals surface area contributed by atoms with Gasteiger partial charge in [0.1, 0.15) is 5.60 Å². The summed E-state index contributed by atoms with van der Waals surface area (Å²) in [6.45, 7) is 0. The molecule has 0 spiro atoms. The monoisotopic (exact) mass is 593 g/mol. The van der Waals surface area contributed by atoms with E-state index >= 15 is 0 Å². The van der Waals surface area contributed by atoms with E-state index in [4.69, 9.17) is 22.1 Å². The van der Waals surface area contributed by atoms with Crippen LogP contribution in [-0.2, 0) is 20.2 Å². The largest absolute Gasteiger partial charge is 0.438 e. The number of nitrogens with two attached hydrogens (primary N) is 1. The maximum absolute atomic E-state index is 13.9. The van der Waals surface area contributed by atoms with E-state index in [2.05, 4.69) is 10.3 Å². The van der Waals surface area contributed by atoms with Crippen LogP contribution in [0.1, 0.15) is 41.6 Å².